The van der Waals surface area contributed by atoms with E-state index < -0.39 is 0 Å². The van der Waals surface area contributed by atoms with Crippen LogP contribution >= 0.6 is 0 Å². The van der Waals surface area contributed by atoms with Crippen LogP contribution in [-0.4, -0.2) is 10.9 Å². The van der Waals surface area contributed by atoms with Crippen molar-refractivity contribution in [2.45, 2.75) is 6.92 Å². The van der Waals surface area contributed by atoms with Gasteiger partial charge in [0.25, 0.3) is 0 Å². The molecule has 23 heavy (non-hydrogen) atoms. The first-order valence-corrected chi connectivity index (χ1v) is 7.09. The molecule has 0 aliphatic rings. The van der Waals surface area contributed by atoms with Crippen molar-refractivity contribution in [2.24, 2.45) is 0 Å². The monoisotopic (exact) mass is 306 g/mol. The van der Waals surface area contributed by atoms with Gasteiger partial charge in [0.05, 0.1) is 16.5 Å². The van der Waals surface area contributed by atoms with Gasteiger partial charge in [-0.3, -0.25) is 9.59 Å². The summed E-state index contributed by atoms with van der Waals surface area (Å²) in [6, 6.07) is 11.6. The van der Waals surface area contributed by atoms with Gasteiger partial charge in [0, 0.05) is 0 Å². The Bertz CT molecular complexity index is 980. The fraction of sp³-hybridized carbons (Fsp3) is 0.0526. The minimum absolute atomic E-state index is 0.0941. The van der Waals surface area contributed by atoms with Gasteiger partial charge in [-0.25, -0.2) is 0 Å². The maximum atomic E-state index is 12.4. The topological polar surface area (TPSA) is 67.5 Å². The molecule has 4 nitrogen and oxygen atoms in total. The third-order valence-corrected chi connectivity index (χ3v) is 3.54. The highest BCUT2D eigenvalue weighted by atomic mass is 16.3. The molecule has 0 unspecified atom stereocenters. The Morgan fingerprint density at radius 3 is 2.74 bits per heavy atom. The van der Waals surface area contributed by atoms with Crippen LogP contribution in [0.15, 0.2) is 64.0 Å². The largest absolute Gasteiger partial charge is 0.507 e. The molecule has 1 aromatic heterocycles. The Morgan fingerprint density at radius 2 is 1.96 bits per heavy atom. The van der Waals surface area contributed by atoms with Crippen molar-refractivity contribution in [3.05, 3.63) is 81.7 Å². The van der Waals surface area contributed by atoms with E-state index in [1.165, 1.54) is 30.5 Å². The molecule has 3 aromatic rings. The van der Waals surface area contributed by atoms with Gasteiger partial charge in [-0.2, -0.15) is 0 Å². The highest BCUT2D eigenvalue weighted by Gasteiger charge is 2.08. The standard InChI is InChI=1S/C19H14O4/c1-12-6-9-18-15(10-12)19(22)13(11-23-18)7-8-17(21)14-4-2-3-5-16(14)20/h2-11,20H,1H3/b8-7+. The molecule has 4 heteroatoms. The van der Waals surface area contributed by atoms with E-state index in [0.717, 1.165) is 5.56 Å². The summed E-state index contributed by atoms with van der Waals surface area (Å²) in [5.74, 6) is -0.477. The zero-order valence-corrected chi connectivity index (χ0v) is 12.4. The summed E-state index contributed by atoms with van der Waals surface area (Å²) in [5.41, 5.74) is 1.73. The number of benzene rings is 2. The summed E-state index contributed by atoms with van der Waals surface area (Å²) in [6.45, 7) is 1.89. The molecule has 1 N–H and O–H groups in total. The van der Waals surface area contributed by atoms with E-state index >= 15 is 0 Å². The lowest BCUT2D eigenvalue weighted by Gasteiger charge is -2.00. The molecule has 0 amide bonds. The van der Waals surface area contributed by atoms with E-state index in [9.17, 15) is 14.7 Å². The van der Waals surface area contributed by atoms with Crippen molar-refractivity contribution in [2.75, 3.05) is 0 Å². The van der Waals surface area contributed by atoms with E-state index in [2.05, 4.69) is 0 Å². The molecular formula is C19H14O4. The maximum absolute atomic E-state index is 12.4. The van der Waals surface area contributed by atoms with Gasteiger partial charge in [0.15, 0.2) is 11.2 Å². The maximum Gasteiger partial charge on any atom is 0.199 e. The summed E-state index contributed by atoms with van der Waals surface area (Å²) in [5, 5.41) is 10.1. The van der Waals surface area contributed by atoms with Crippen LogP contribution in [-0.2, 0) is 0 Å². The van der Waals surface area contributed by atoms with E-state index in [0.29, 0.717) is 11.0 Å². The van der Waals surface area contributed by atoms with E-state index in [1.807, 2.05) is 13.0 Å². The SMILES string of the molecule is Cc1ccc2occ(/C=C/C(=O)c3ccccc3O)c(=O)c2c1. The number of aromatic hydroxyl groups is 1. The molecule has 0 saturated heterocycles. The Labute approximate surface area is 132 Å². The van der Waals surface area contributed by atoms with Gasteiger partial charge in [0.2, 0.25) is 0 Å². The molecule has 0 spiro atoms. The van der Waals surface area contributed by atoms with Crippen molar-refractivity contribution in [3.8, 4) is 5.75 Å². The Balaban J connectivity index is 1.98. The van der Waals surface area contributed by atoms with Crippen molar-refractivity contribution in [1.29, 1.82) is 0 Å². The second-order valence-electron chi connectivity index (χ2n) is 5.23. The first-order valence-electron chi connectivity index (χ1n) is 7.09. The number of fused-ring (bicyclic) bond motifs is 1. The van der Waals surface area contributed by atoms with Crippen LogP contribution in [0.4, 0.5) is 0 Å². The number of rotatable bonds is 3. The van der Waals surface area contributed by atoms with Crippen molar-refractivity contribution >= 4 is 22.8 Å². The van der Waals surface area contributed by atoms with E-state index in [4.69, 9.17) is 4.42 Å². The number of hydrogen-bond acceptors (Lipinski definition) is 4. The number of allylic oxidation sites excluding steroid dienone is 1. The minimum atomic E-state index is -0.383. The predicted molar refractivity (Wildman–Crippen MR) is 88.7 cm³/mol. The molecule has 3 rings (SSSR count). The Morgan fingerprint density at radius 1 is 1.17 bits per heavy atom. The molecule has 1 heterocycles. The molecule has 0 saturated carbocycles. The molecule has 0 aliphatic heterocycles. The lowest BCUT2D eigenvalue weighted by atomic mass is 10.1. The summed E-state index contributed by atoms with van der Waals surface area (Å²) < 4.78 is 5.43. The highest BCUT2D eigenvalue weighted by molar-refractivity contribution is 6.08. The van der Waals surface area contributed by atoms with Gasteiger partial charge in [-0.05, 0) is 43.3 Å². The molecule has 0 fully saturated rings. The van der Waals surface area contributed by atoms with Gasteiger partial charge >= 0.3 is 0 Å². The lowest BCUT2D eigenvalue weighted by molar-refractivity contribution is 0.104. The Hall–Kier alpha value is -3.14. The smallest absolute Gasteiger partial charge is 0.199 e. The van der Waals surface area contributed by atoms with Gasteiger partial charge in [-0.15, -0.1) is 0 Å². The van der Waals surface area contributed by atoms with Crippen LogP contribution in [0.2, 0.25) is 0 Å². The molecule has 0 bridgehead atoms. The first-order chi connectivity index (χ1) is 11.1. The van der Waals surface area contributed by atoms with Crippen molar-refractivity contribution in [1.82, 2.24) is 0 Å². The number of ketones is 1. The molecule has 0 radical (unpaired) electrons. The number of aryl methyl sites for hydroxylation is 1. The van der Waals surface area contributed by atoms with Crippen LogP contribution in [0, 0.1) is 6.92 Å². The van der Waals surface area contributed by atoms with Crippen LogP contribution in [0.25, 0.3) is 17.0 Å². The van der Waals surface area contributed by atoms with E-state index in [1.54, 1.807) is 24.3 Å². The normalized spacial score (nSPS) is 11.2. The molecule has 114 valence electrons. The quantitative estimate of drug-likeness (QED) is 0.592. The number of para-hydroxylation sites is 1. The number of phenolic OH excluding ortho intramolecular Hbond substituents is 1. The fourth-order valence-electron chi connectivity index (χ4n) is 2.31. The van der Waals surface area contributed by atoms with Crippen molar-refractivity contribution < 1.29 is 14.3 Å². The summed E-state index contributed by atoms with van der Waals surface area (Å²) in [6.07, 6.45) is 3.99. The van der Waals surface area contributed by atoms with Gasteiger partial charge in [-0.1, -0.05) is 23.8 Å². The summed E-state index contributed by atoms with van der Waals surface area (Å²) in [4.78, 5) is 24.5. The average Bonchev–Trinajstić information content (AvgIpc) is 2.55. The highest BCUT2D eigenvalue weighted by Crippen LogP contribution is 2.17. The van der Waals surface area contributed by atoms with Gasteiger partial charge < -0.3 is 9.52 Å². The number of phenols is 1. The number of carbonyl (C=O) groups is 1. The van der Waals surface area contributed by atoms with Gasteiger partial charge in [0.1, 0.15) is 17.6 Å². The third-order valence-electron chi connectivity index (χ3n) is 3.54. The van der Waals surface area contributed by atoms with E-state index in [-0.39, 0.29) is 28.1 Å². The number of hydrogen-bond donors (Lipinski definition) is 1. The average molecular weight is 306 g/mol. The van der Waals surface area contributed by atoms with Crippen LogP contribution in [0.1, 0.15) is 21.5 Å². The van der Waals surface area contributed by atoms with Crippen LogP contribution in [0.5, 0.6) is 5.75 Å². The summed E-state index contributed by atoms with van der Waals surface area (Å²) >= 11 is 0. The second-order valence-corrected chi connectivity index (χ2v) is 5.23. The second kappa shape index (κ2) is 5.93. The van der Waals surface area contributed by atoms with Crippen molar-refractivity contribution in [3.63, 3.8) is 0 Å². The Kier molecular flexibility index (Phi) is 3.81. The fourth-order valence-corrected chi connectivity index (χ4v) is 2.31. The number of carbonyl (C=O) groups excluding carboxylic acids is 1. The molecule has 0 aliphatic carbocycles. The zero-order valence-electron chi connectivity index (χ0n) is 12.4. The predicted octanol–water partition coefficient (Wildman–Crippen LogP) is 3.70. The van der Waals surface area contributed by atoms with Crippen LogP contribution in [0.3, 0.4) is 0 Å². The molecular weight excluding hydrogens is 292 g/mol. The minimum Gasteiger partial charge on any atom is -0.507 e. The summed E-state index contributed by atoms with van der Waals surface area (Å²) in [7, 11) is 0. The third kappa shape index (κ3) is 2.92. The first kappa shape index (κ1) is 14.8. The zero-order chi connectivity index (χ0) is 16.4. The molecule has 2 aromatic carbocycles. The van der Waals surface area contributed by atoms with Crippen LogP contribution < -0.4 is 5.43 Å². The lowest BCUT2D eigenvalue weighted by Crippen LogP contribution is -2.05. The molecule has 0 atom stereocenters.